The Hall–Kier alpha value is -4.15. The van der Waals surface area contributed by atoms with Crippen LogP contribution >= 0.6 is 0 Å². The van der Waals surface area contributed by atoms with Crippen molar-refractivity contribution in [1.82, 2.24) is 30.4 Å². The van der Waals surface area contributed by atoms with Gasteiger partial charge in [0.2, 0.25) is 5.91 Å². The molecule has 1 atom stereocenters. The molecule has 0 saturated heterocycles. The Morgan fingerprint density at radius 3 is 2.81 bits per heavy atom. The number of benzene rings is 1. The highest BCUT2D eigenvalue weighted by Gasteiger charge is 2.21. The zero-order valence-corrected chi connectivity index (χ0v) is 16.8. The number of carboxylic acid groups (broad SMARTS) is 1. The highest BCUT2D eigenvalue weighted by atomic mass is 16.4. The number of amidine groups is 1. The van der Waals surface area contributed by atoms with Gasteiger partial charge in [-0.1, -0.05) is 24.3 Å². The van der Waals surface area contributed by atoms with Gasteiger partial charge in [0.15, 0.2) is 11.3 Å². The summed E-state index contributed by atoms with van der Waals surface area (Å²) in [4.78, 5) is 44.0. The molecular weight excluding hydrogens is 402 g/mol. The Bertz CT molecular complexity index is 1250. The molecule has 0 bridgehead atoms. The van der Waals surface area contributed by atoms with Crippen LogP contribution in [0, 0.1) is 0 Å². The van der Waals surface area contributed by atoms with Gasteiger partial charge in [-0.05, 0) is 30.5 Å². The lowest BCUT2D eigenvalue weighted by atomic mass is 9.96. The fraction of sp³-hybridized carbons (Fsp3) is 0.250. The number of hydrogen-bond donors (Lipinski definition) is 3. The van der Waals surface area contributed by atoms with Crippen molar-refractivity contribution in [1.29, 1.82) is 0 Å². The van der Waals surface area contributed by atoms with E-state index in [1.165, 1.54) is 6.20 Å². The van der Waals surface area contributed by atoms with Crippen molar-refractivity contribution < 1.29 is 19.5 Å². The van der Waals surface area contributed by atoms with E-state index in [-0.39, 0.29) is 35.5 Å². The van der Waals surface area contributed by atoms with Gasteiger partial charge in [-0.25, -0.2) is 9.78 Å². The standard InChI is InChI=1S/C20H19N7O4/c1-3-11-6-12(18-21-9-17(28)25-18)4-5-13(11)10(2)23-19(29)14-7-15(20(30)31)27-16(24-14)8-22-26-27/h4-8,10H,3,9H2,1-2H3,(H,23,29)(H,30,31)(H,21,25,28)/t10-/m0/s1. The van der Waals surface area contributed by atoms with E-state index in [0.717, 1.165) is 27.3 Å². The van der Waals surface area contributed by atoms with E-state index < -0.39 is 11.9 Å². The molecule has 1 aliphatic heterocycles. The van der Waals surface area contributed by atoms with Gasteiger partial charge in [0.1, 0.15) is 18.1 Å². The van der Waals surface area contributed by atoms with Gasteiger partial charge in [0, 0.05) is 11.6 Å². The molecule has 0 saturated carbocycles. The van der Waals surface area contributed by atoms with E-state index in [2.05, 4.69) is 30.9 Å². The molecule has 3 heterocycles. The summed E-state index contributed by atoms with van der Waals surface area (Å²) in [6, 6.07) is 6.45. The van der Waals surface area contributed by atoms with E-state index in [1.54, 1.807) is 0 Å². The average molecular weight is 421 g/mol. The molecule has 1 aromatic carbocycles. The Morgan fingerprint density at radius 1 is 1.32 bits per heavy atom. The summed E-state index contributed by atoms with van der Waals surface area (Å²) >= 11 is 0. The first-order chi connectivity index (χ1) is 14.9. The number of nitrogens with zero attached hydrogens (tertiary/aromatic N) is 5. The zero-order valence-electron chi connectivity index (χ0n) is 16.8. The molecule has 3 N–H and O–H groups in total. The number of nitrogens with one attached hydrogen (secondary N) is 2. The second-order valence-corrected chi connectivity index (χ2v) is 7.01. The summed E-state index contributed by atoms with van der Waals surface area (Å²) in [7, 11) is 0. The van der Waals surface area contributed by atoms with Crippen LogP contribution in [0.25, 0.3) is 5.65 Å². The Balaban J connectivity index is 1.58. The second kappa shape index (κ2) is 7.94. The molecule has 0 radical (unpaired) electrons. The second-order valence-electron chi connectivity index (χ2n) is 7.01. The summed E-state index contributed by atoms with van der Waals surface area (Å²) in [5.41, 5.74) is 2.60. The smallest absolute Gasteiger partial charge is 0.354 e. The predicted octanol–water partition coefficient (Wildman–Crippen LogP) is 0.752. The van der Waals surface area contributed by atoms with E-state index >= 15 is 0 Å². The summed E-state index contributed by atoms with van der Waals surface area (Å²) < 4.78 is 1.06. The molecule has 0 fully saturated rings. The predicted molar refractivity (Wildman–Crippen MR) is 109 cm³/mol. The molecule has 1 aliphatic rings. The average Bonchev–Trinajstić information content (AvgIpc) is 3.41. The number of rotatable bonds is 6. The number of aryl methyl sites for hydroxylation is 1. The third-order valence-corrected chi connectivity index (χ3v) is 4.97. The normalized spacial score (nSPS) is 14.3. The van der Waals surface area contributed by atoms with Gasteiger partial charge in [-0.15, -0.1) is 5.10 Å². The van der Waals surface area contributed by atoms with E-state index in [0.29, 0.717) is 12.3 Å². The number of aliphatic imine (C=N–C) groups is 1. The van der Waals surface area contributed by atoms with Gasteiger partial charge in [-0.2, -0.15) is 4.52 Å². The summed E-state index contributed by atoms with van der Waals surface area (Å²) in [5.74, 6) is -1.37. The molecule has 2 aromatic heterocycles. The van der Waals surface area contributed by atoms with E-state index in [1.807, 2.05) is 32.0 Å². The van der Waals surface area contributed by atoms with E-state index in [9.17, 15) is 19.5 Å². The molecule has 158 valence electrons. The molecule has 11 heteroatoms. The minimum atomic E-state index is -1.24. The van der Waals surface area contributed by atoms with Crippen LogP contribution < -0.4 is 10.6 Å². The maximum Gasteiger partial charge on any atom is 0.354 e. The molecule has 3 aromatic rings. The molecule has 0 unspecified atom stereocenters. The van der Waals surface area contributed by atoms with Crippen molar-refractivity contribution >= 4 is 29.3 Å². The lowest BCUT2D eigenvalue weighted by molar-refractivity contribution is -0.117. The number of carbonyl (C=O) groups excluding carboxylic acids is 2. The summed E-state index contributed by atoms with van der Waals surface area (Å²) in [6.07, 6.45) is 1.99. The van der Waals surface area contributed by atoms with Gasteiger partial charge in [0.25, 0.3) is 5.91 Å². The van der Waals surface area contributed by atoms with Gasteiger partial charge in [0.05, 0.1) is 12.2 Å². The Kier molecular flexibility index (Phi) is 5.15. The van der Waals surface area contributed by atoms with Crippen molar-refractivity contribution in [3.05, 3.63) is 58.5 Å². The number of hydrogen-bond acceptors (Lipinski definition) is 7. The van der Waals surface area contributed by atoms with Crippen molar-refractivity contribution in [3.8, 4) is 0 Å². The summed E-state index contributed by atoms with van der Waals surface area (Å²) in [5, 5.41) is 22.3. The number of amides is 2. The first-order valence-corrected chi connectivity index (χ1v) is 9.60. The first-order valence-electron chi connectivity index (χ1n) is 9.60. The highest BCUT2D eigenvalue weighted by Crippen LogP contribution is 2.21. The molecule has 0 aliphatic carbocycles. The fourth-order valence-corrected chi connectivity index (χ4v) is 3.45. The van der Waals surface area contributed by atoms with Crippen LogP contribution in [-0.4, -0.2) is 55.1 Å². The van der Waals surface area contributed by atoms with E-state index in [4.69, 9.17) is 0 Å². The van der Waals surface area contributed by atoms with Crippen LogP contribution in [0.5, 0.6) is 0 Å². The van der Waals surface area contributed by atoms with Crippen molar-refractivity contribution in [3.63, 3.8) is 0 Å². The van der Waals surface area contributed by atoms with Crippen molar-refractivity contribution in [2.24, 2.45) is 4.99 Å². The van der Waals surface area contributed by atoms with Crippen molar-refractivity contribution in [2.45, 2.75) is 26.3 Å². The third-order valence-electron chi connectivity index (χ3n) is 4.97. The maximum atomic E-state index is 12.8. The molecule has 11 nitrogen and oxygen atoms in total. The highest BCUT2D eigenvalue weighted by molar-refractivity contribution is 6.12. The topological polar surface area (TPSA) is 151 Å². The Labute approximate surface area is 176 Å². The quantitative estimate of drug-likeness (QED) is 0.531. The molecule has 2 amide bonds. The van der Waals surface area contributed by atoms with Gasteiger partial charge in [-0.3, -0.25) is 14.6 Å². The SMILES string of the molecule is CCc1cc(C2=NCC(=O)N2)ccc1[C@H](C)NC(=O)c1cc(C(=O)O)n2nncc2n1. The lowest BCUT2D eigenvalue weighted by Crippen LogP contribution is -2.29. The number of aromatic nitrogens is 4. The van der Waals surface area contributed by atoms with Crippen LogP contribution in [0.1, 0.15) is 57.6 Å². The first kappa shape index (κ1) is 20.1. The monoisotopic (exact) mass is 421 g/mol. The minimum Gasteiger partial charge on any atom is -0.477 e. The van der Waals surface area contributed by atoms with Crippen LogP contribution in [0.15, 0.2) is 35.5 Å². The molecule has 0 spiro atoms. The number of fused-ring (bicyclic) bond motifs is 1. The number of aromatic carboxylic acids is 1. The van der Waals surface area contributed by atoms with Crippen molar-refractivity contribution in [2.75, 3.05) is 6.54 Å². The summed E-state index contributed by atoms with van der Waals surface area (Å²) in [6.45, 7) is 3.94. The lowest BCUT2D eigenvalue weighted by Gasteiger charge is -2.18. The molecule has 4 rings (SSSR count). The minimum absolute atomic E-state index is 0.0447. The maximum absolute atomic E-state index is 12.8. The molecule has 31 heavy (non-hydrogen) atoms. The third kappa shape index (κ3) is 3.84. The molecular formula is C20H19N7O4. The van der Waals surface area contributed by atoms with Crippen LogP contribution in [0.3, 0.4) is 0 Å². The largest absolute Gasteiger partial charge is 0.477 e. The van der Waals surface area contributed by atoms with Gasteiger partial charge >= 0.3 is 5.97 Å². The number of carboxylic acids is 1. The Morgan fingerprint density at radius 2 is 2.13 bits per heavy atom. The number of carbonyl (C=O) groups is 3. The van der Waals surface area contributed by atoms with Crippen LogP contribution in [0.2, 0.25) is 0 Å². The van der Waals surface area contributed by atoms with Gasteiger partial charge < -0.3 is 15.7 Å². The van der Waals surface area contributed by atoms with Crippen LogP contribution in [0.4, 0.5) is 0 Å². The zero-order chi connectivity index (χ0) is 22.1. The van der Waals surface area contributed by atoms with Crippen LogP contribution in [-0.2, 0) is 11.2 Å². The fourth-order valence-electron chi connectivity index (χ4n) is 3.45.